The van der Waals surface area contributed by atoms with Crippen LogP contribution in [-0.4, -0.2) is 50.2 Å². The Bertz CT molecular complexity index is 969. The van der Waals surface area contributed by atoms with E-state index in [9.17, 15) is 9.59 Å². The molecule has 0 aliphatic carbocycles. The highest BCUT2D eigenvalue weighted by atomic mass is 16.5. The smallest absolute Gasteiger partial charge is 0.252 e. The fourth-order valence-corrected chi connectivity index (χ4v) is 4.62. The number of para-hydroxylation sites is 2. The number of carbonyl (C=O) groups excluding carboxylic acids is 2. The molecule has 3 aliphatic heterocycles. The van der Waals surface area contributed by atoms with Crippen LogP contribution in [0, 0.1) is 5.92 Å². The molecule has 2 aromatic rings. The predicted molar refractivity (Wildman–Crippen MR) is 114 cm³/mol. The molecule has 2 fully saturated rings. The lowest BCUT2D eigenvalue weighted by Gasteiger charge is -2.33. The van der Waals surface area contributed by atoms with Gasteiger partial charge < -0.3 is 19.7 Å². The third-order valence-electron chi connectivity index (χ3n) is 6.36. The highest BCUT2D eigenvalue weighted by molar-refractivity contribution is 6.01. The molecule has 2 aromatic carbocycles. The van der Waals surface area contributed by atoms with E-state index in [0.29, 0.717) is 24.5 Å². The van der Waals surface area contributed by atoms with E-state index >= 15 is 0 Å². The molecule has 3 N–H and O–H groups in total. The first kappa shape index (κ1) is 20.0. The summed E-state index contributed by atoms with van der Waals surface area (Å²) in [6.07, 6.45) is 0.663. The minimum atomic E-state index is -0.754. The van der Waals surface area contributed by atoms with Gasteiger partial charge in [0.15, 0.2) is 0 Å². The van der Waals surface area contributed by atoms with Crippen LogP contribution < -0.4 is 25.8 Å². The van der Waals surface area contributed by atoms with Crippen molar-refractivity contribution in [1.82, 2.24) is 16.2 Å². The number of hydrogen-bond donors (Lipinski definition) is 3. The van der Waals surface area contributed by atoms with Crippen LogP contribution in [0.2, 0.25) is 0 Å². The second-order valence-corrected chi connectivity index (χ2v) is 8.24. The lowest BCUT2D eigenvalue weighted by molar-refractivity contribution is -0.130. The molecule has 0 saturated carbocycles. The molecule has 0 aromatic heterocycles. The largest absolute Gasteiger partial charge is 0.489 e. The van der Waals surface area contributed by atoms with Crippen LogP contribution in [0.15, 0.2) is 54.6 Å². The molecule has 5 rings (SSSR count). The van der Waals surface area contributed by atoms with Crippen molar-refractivity contribution < 1.29 is 19.1 Å². The normalized spacial score (nSPS) is 30.0. The van der Waals surface area contributed by atoms with Crippen molar-refractivity contribution >= 4 is 17.5 Å². The molecule has 3 heterocycles. The highest BCUT2D eigenvalue weighted by Crippen LogP contribution is 2.35. The summed E-state index contributed by atoms with van der Waals surface area (Å²) in [7, 11) is 1.70. The third kappa shape index (κ3) is 3.78. The van der Waals surface area contributed by atoms with E-state index in [4.69, 9.17) is 9.47 Å². The molecule has 0 bridgehead atoms. The SMILES string of the molecule is CN1C(=O)[C@@H](NC(=O)C2NNC3COC(c4ccccc4)CC32)COc2ccccc21. The van der Waals surface area contributed by atoms with Crippen molar-refractivity contribution in [3.8, 4) is 5.75 Å². The van der Waals surface area contributed by atoms with Crippen LogP contribution in [0.4, 0.5) is 5.69 Å². The highest BCUT2D eigenvalue weighted by Gasteiger charge is 2.45. The van der Waals surface area contributed by atoms with Gasteiger partial charge in [-0.1, -0.05) is 42.5 Å². The van der Waals surface area contributed by atoms with E-state index in [-0.39, 0.29) is 36.5 Å². The van der Waals surface area contributed by atoms with Crippen LogP contribution in [0.25, 0.3) is 0 Å². The van der Waals surface area contributed by atoms with Gasteiger partial charge in [-0.15, -0.1) is 0 Å². The lowest BCUT2D eigenvalue weighted by Crippen LogP contribution is -2.55. The second kappa shape index (κ2) is 8.30. The number of fused-ring (bicyclic) bond motifs is 2. The average molecular weight is 422 g/mol. The van der Waals surface area contributed by atoms with Gasteiger partial charge in [-0.05, 0) is 24.1 Å². The maximum atomic E-state index is 13.2. The molecular formula is C23H26N4O4. The Hall–Kier alpha value is -2.94. The van der Waals surface area contributed by atoms with Crippen LogP contribution in [0.5, 0.6) is 5.75 Å². The van der Waals surface area contributed by atoms with Gasteiger partial charge in [0.2, 0.25) is 5.91 Å². The molecule has 2 amide bonds. The maximum Gasteiger partial charge on any atom is 0.252 e. The fourth-order valence-electron chi connectivity index (χ4n) is 4.62. The van der Waals surface area contributed by atoms with Crippen molar-refractivity contribution in [1.29, 1.82) is 0 Å². The molecule has 2 saturated heterocycles. The van der Waals surface area contributed by atoms with Gasteiger partial charge in [0.25, 0.3) is 5.91 Å². The number of nitrogens with one attached hydrogen (secondary N) is 3. The Kier molecular flexibility index (Phi) is 5.35. The maximum absolute atomic E-state index is 13.2. The monoisotopic (exact) mass is 422 g/mol. The number of likely N-dealkylation sites (N-methyl/N-ethyl adjacent to an activating group) is 1. The number of amides is 2. The summed E-state index contributed by atoms with van der Waals surface area (Å²) in [4.78, 5) is 27.7. The number of anilines is 1. The number of benzene rings is 2. The Labute approximate surface area is 180 Å². The van der Waals surface area contributed by atoms with Crippen molar-refractivity contribution in [2.24, 2.45) is 5.92 Å². The van der Waals surface area contributed by atoms with Gasteiger partial charge in [0, 0.05) is 19.0 Å². The molecule has 0 spiro atoms. The predicted octanol–water partition coefficient (Wildman–Crippen LogP) is 1.15. The van der Waals surface area contributed by atoms with E-state index in [1.54, 1.807) is 7.05 Å². The standard InChI is InChI=1S/C23H26N4O4/c1-27-18-9-5-6-10-19(18)30-13-17(23(27)29)24-22(28)21-15-11-20(14-7-3-2-4-8-14)31-12-16(15)25-26-21/h2-10,15-17,20-21,25-26H,11-13H2,1H3,(H,24,28)/t15?,16?,17-,20?,21?/m0/s1. The van der Waals surface area contributed by atoms with E-state index in [2.05, 4.69) is 16.2 Å². The zero-order valence-corrected chi connectivity index (χ0v) is 17.3. The Morgan fingerprint density at radius 2 is 1.84 bits per heavy atom. The molecule has 3 aliphatic rings. The summed E-state index contributed by atoms with van der Waals surface area (Å²) in [5.74, 6) is 0.270. The summed E-state index contributed by atoms with van der Waals surface area (Å²) in [6, 6.07) is 16.3. The van der Waals surface area contributed by atoms with Gasteiger partial charge in [0.05, 0.1) is 18.4 Å². The van der Waals surface area contributed by atoms with Crippen molar-refractivity contribution in [2.75, 3.05) is 25.2 Å². The zero-order chi connectivity index (χ0) is 21.4. The summed E-state index contributed by atoms with van der Waals surface area (Å²) in [5, 5.41) is 2.91. The molecule has 5 atom stereocenters. The summed E-state index contributed by atoms with van der Waals surface area (Å²) < 4.78 is 11.8. The van der Waals surface area contributed by atoms with Gasteiger partial charge in [-0.2, -0.15) is 0 Å². The molecule has 0 radical (unpaired) electrons. The average Bonchev–Trinajstić information content (AvgIpc) is 3.20. The number of rotatable bonds is 3. The number of ether oxygens (including phenoxy) is 2. The summed E-state index contributed by atoms with van der Waals surface area (Å²) in [6.45, 7) is 0.612. The Morgan fingerprint density at radius 3 is 2.68 bits per heavy atom. The second-order valence-electron chi connectivity index (χ2n) is 8.24. The van der Waals surface area contributed by atoms with Crippen molar-refractivity contribution in [3.05, 3.63) is 60.2 Å². The number of hydrogen-bond acceptors (Lipinski definition) is 6. The van der Waals surface area contributed by atoms with Crippen molar-refractivity contribution in [3.63, 3.8) is 0 Å². The Morgan fingerprint density at radius 1 is 1.06 bits per heavy atom. The minimum Gasteiger partial charge on any atom is -0.489 e. The molecule has 31 heavy (non-hydrogen) atoms. The van der Waals surface area contributed by atoms with E-state index in [0.717, 1.165) is 5.56 Å². The van der Waals surface area contributed by atoms with Crippen LogP contribution in [-0.2, 0) is 14.3 Å². The molecule has 8 nitrogen and oxygen atoms in total. The van der Waals surface area contributed by atoms with Crippen LogP contribution >= 0.6 is 0 Å². The first-order valence-corrected chi connectivity index (χ1v) is 10.6. The minimum absolute atomic E-state index is 0.0451. The first-order chi connectivity index (χ1) is 15.1. The topological polar surface area (TPSA) is 91.9 Å². The van der Waals surface area contributed by atoms with Gasteiger partial charge >= 0.3 is 0 Å². The number of nitrogens with zero attached hydrogens (tertiary/aromatic N) is 1. The van der Waals surface area contributed by atoms with E-state index in [1.165, 1.54) is 4.90 Å². The molecule has 4 unspecified atom stereocenters. The van der Waals surface area contributed by atoms with Crippen LogP contribution in [0.3, 0.4) is 0 Å². The van der Waals surface area contributed by atoms with Gasteiger partial charge in [0.1, 0.15) is 24.4 Å². The zero-order valence-electron chi connectivity index (χ0n) is 17.3. The van der Waals surface area contributed by atoms with E-state index < -0.39 is 12.1 Å². The quantitative estimate of drug-likeness (QED) is 0.687. The first-order valence-electron chi connectivity index (χ1n) is 10.6. The van der Waals surface area contributed by atoms with Gasteiger partial charge in [-0.3, -0.25) is 15.0 Å². The van der Waals surface area contributed by atoms with Crippen LogP contribution in [0.1, 0.15) is 18.1 Å². The number of hydrazine groups is 1. The lowest BCUT2D eigenvalue weighted by atomic mass is 9.84. The molecular weight excluding hydrogens is 396 g/mol. The summed E-state index contributed by atoms with van der Waals surface area (Å²) >= 11 is 0. The van der Waals surface area contributed by atoms with Crippen molar-refractivity contribution in [2.45, 2.75) is 30.7 Å². The Balaban J connectivity index is 1.28. The third-order valence-corrected chi connectivity index (χ3v) is 6.36. The molecule has 8 heteroatoms. The fraction of sp³-hybridized carbons (Fsp3) is 0.391. The number of carbonyl (C=O) groups is 2. The van der Waals surface area contributed by atoms with E-state index in [1.807, 2.05) is 54.6 Å². The van der Waals surface area contributed by atoms with Gasteiger partial charge in [-0.25, -0.2) is 5.43 Å². The summed E-state index contributed by atoms with van der Waals surface area (Å²) in [5.41, 5.74) is 8.10. The molecule has 162 valence electrons.